The number of para-hydroxylation sites is 1. The fourth-order valence-corrected chi connectivity index (χ4v) is 4.92. The predicted octanol–water partition coefficient (Wildman–Crippen LogP) is 3.04. The number of aliphatic hydroxyl groups is 1. The summed E-state index contributed by atoms with van der Waals surface area (Å²) >= 11 is 0. The average Bonchev–Trinajstić information content (AvgIpc) is 3.28. The van der Waals surface area contributed by atoms with Crippen LogP contribution >= 0.6 is 0 Å². The van der Waals surface area contributed by atoms with Crippen molar-refractivity contribution in [1.29, 1.82) is 0 Å². The van der Waals surface area contributed by atoms with E-state index in [0.717, 1.165) is 31.8 Å². The lowest BCUT2D eigenvalue weighted by molar-refractivity contribution is 0.0325. The van der Waals surface area contributed by atoms with Gasteiger partial charge in [0.2, 0.25) is 0 Å². The molecule has 138 valence electrons. The van der Waals surface area contributed by atoms with E-state index in [0.29, 0.717) is 18.2 Å². The van der Waals surface area contributed by atoms with Crippen LogP contribution in [-0.4, -0.2) is 59.3 Å². The zero-order chi connectivity index (χ0) is 17.1. The number of aliphatic hydroxyl groups excluding tert-OH is 1. The Hall–Kier alpha value is -1.10. The van der Waals surface area contributed by atoms with Crippen molar-refractivity contribution in [2.75, 3.05) is 26.2 Å². The second kappa shape index (κ2) is 8.07. The van der Waals surface area contributed by atoms with Gasteiger partial charge in [-0.25, -0.2) is 0 Å². The first-order valence-electron chi connectivity index (χ1n) is 10.2. The summed E-state index contributed by atoms with van der Waals surface area (Å²) in [6.45, 7) is 4.69. The van der Waals surface area contributed by atoms with Crippen molar-refractivity contribution in [3.63, 3.8) is 0 Å². The largest absolute Gasteiger partial charge is 0.490 e. The predicted molar refractivity (Wildman–Crippen MR) is 99.8 cm³/mol. The van der Waals surface area contributed by atoms with E-state index >= 15 is 0 Å². The van der Waals surface area contributed by atoms with Crippen LogP contribution in [0.2, 0.25) is 0 Å². The zero-order valence-corrected chi connectivity index (χ0v) is 15.3. The van der Waals surface area contributed by atoms with Gasteiger partial charge in [0.15, 0.2) is 0 Å². The van der Waals surface area contributed by atoms with Crippen LogP contribution in [0, 0.1) is 0 Å². The molecule has 0 aromatic heterocycles. The molecule has 0 amide bonds. The first-order valence-corrected chi connectivity index (χ1v) is 10.2. The minimum absolute atomic E-state index is 0.278. The maximum atomic E-state index is 9.52. The molecule has 2 aliphatic heterocycles. The Labute approximate surface area is 151 Å². The minimum atomic E-state index is 0.278. The molecule has 1 unspecified atom stereocenters. The third-order valence-electron chi connectivity index (χ3n) is 6.31. The lowest BCUT2D eigenvalue weighted by Crippen LogP contribution is -2.55. The van der Waals surface area contributed by atoms with Crippen LogP contribution in [0.15, 0.2) is 24.3 Å². The van der Waals surface area contributed by atoms with Crippen molar-refractivity contribution in [2.45, 2.75) is 69.7 Å². The monoisotopic (exact) mass is 344 g/mol. The van der Waals surface area contributed by atoms with E-state index in [1.54, 1.807) is 0 Å². The van der Waals surface area contributed by atoms with Gasteiger partial charge in [-0.2, -0.15) is 0 Å². The smallest absolute Gasteiger partial charge is 0.124 e. The topological polar surface area (TPSA) is 35.9 Å². The average molecular weight is 344 g/mol. The van der Waals surface area contributed by atoms with Crippen LogP contribution in [0.5, 0.6) is 5.75 Å². The molecule has 4 heteroatoms. The maximum Gasteiger partial charge on any atom is 0.124 e. The molecule has 25 heavy (non-hydrogen) atoms. The van der Waals surface area contributed by atoms with Gasteiger partial charge < -0.3 is 9.84 Å². The van der Waals surface area contributed by atoms with Crippen LogP contribution in [0.4, 0.5) is 0 Å². The van der Waals surface area contributed by atoms with E-state index in [9.17, 15) is 5.11 Å². The highest BCUT2D eigenvalue weighted by molar-refractivity contribution is 5.33. The van der Waals surface area contributed by atoms with Crippen molar-refractivity contribution in [3.8, 4) is 5.75 Å². The van der Waals surface area contributed by atoms with E-state index in [-0.39, 0.29) is 6.61 Å². The van der Waals surface area contributed by atoms with Crippen molar-refractivity contribution >= 4 is 0 Å². The molecule has 4 rings (SSSR count). The second-order valence-electron chi connectivity index (χ2n) is 8.02. The normalized spacial score (nSPS) is 28.4. The van der Waals surface area contributed by atoms with Crippen molar-refractivity contribution in [3.05, 3.63) is 29.8 Å². The molecule has 0 radical (unpaired) electrons. The van der Waals surface area contributed by atoms with Gasteiger partial charge in [-0.3, -0.25) is 9.80 Å². The fourth-order valence-electron chi connectivity index (χ4n) is 4.92. The molecule has 1 saturated carbocycles. The summed E-state index contributed by atoms with van der Waals surface area (Å²) in [7, 11) is 0. The summed E-state index contributed by atoms with van der Waals surface area (Å²) in [4.78, 5) is 5.23. The van der Waals surface area contributed by atoms with E-state index < -0.39 is 0 Å². The molecular formula is C21H32N2O2. The van der Waals surface area contributed by atoms with E-state index in [1.807, 2.05) is 0 Å². The lowest BCUT2D eigenvalue weighted by Gasteiger charge is -2.44. The molecule has 1 aliphatic carbocycles. The number of nitrogens with zero attached hydrogens (tertiary/aromatic N) is 2. The van der Waals surface area contributed by atoms with Crippen molar-refractivity contribution in [1.82, 2.24) is 9.80 Å². The Morgan fingerprint density at radius 1 is 1.04 bits per heavy atom. The zero-order valence-electron chi connectivity index (χ0n) is 15.3. The number of hydrogen-bond donors (Lipinski definition) is 1. The number of rotatable bonds is 6. The van der Waals surface area contributed by atoms with Crippen LogP contribution in [0.1, 0.15) is 50.5 Å². The molecule has 1 N–H and O–H groups in total. The standard InChI is InChI=1S/C21H32N2O2/c24-13-11-19-15-22-12-5-7-18(22)16-23(19)14-17-6-1-4-10-21(17)25-20-8-2-3-9-20/h1,4,6,10,18-20,24H,2-3,5,7-9,11-16H2/t18?,19-/m0/s1. The molecule has 3 aliphatic rings. The van der Waals surface area contributed by atoms with Crippen LogP contribution in [0.3, 0.4) is 0 Å². The first kappa shape index (κ1) is 17.3. The van der Waals surface area contributed by atoms with Gasteiger partial charge in [0.05, 0.1) is 6.10 Å². The Balaban J connectivity index is 1.47. The van der Waals surface area contributed by atoms with Gasteiger partial charge in [0, 0.05) is 43.9 Å². The second-order valence-corrected chi connectivity index (χ2v) is 8.02. The maximum absolute atomic E-state index is 9.52. The third kappa shape index (κ3) is 4.02. The molecule has 1 aromatic rings. The van der Waals surface area contributed by atoms with Crippen LogP contribution < -0.4 is 4.74 Å². The molecule has 1 aromatic carbocycles. The molecule has 0 spiro atoms. The van der Waals surface area contributed by atoms with Crippen LogP contribution in [-0.2, 0) is 6.54 Å². The van der Waals surface area contributed by atoms with E-state index in [4.69, 9.17) is 4.74 Å². The summed E-state index contributed by atoms with van der Waals surface area (Å²) in [6, 6.07) is 9.75. The Morgan fingerprint density at radius 2 is 1.88 bits per heavy atom. The van der Waals surface area contributed by atoms with Gasteiger partial charge in [0.25, 0.3) is 0 Å². The third-order valence-corrected chi connectivity index (χ3v) is 6.31. The number of hydrogen-bond acceptors (Lipinski definition) is 4. The quantitative estimate of drug-likeness (QED) is 0.860. The Bertz CT molecular complexity index is 559. The summed E-state index contributed by atoms with van der Waals surface area (Å²) in [5.74, 6) is 1.08. The van der Waals surface area contributed by atoms with Gasteiger partial charge in [-0.05, 0) is 57.6 Å². The van der Waals surface area contributed by atoms with E-state index in [1.165, 1.54) is 50.6 Å². The van der Waals surface area contributed by atoms with Gasteiger partial charge in [0.1, 0.15) is 5.75 Å². The summed E-state index contributed by atoms with van der Waals surface area (Å²) in [5, 5.41) is 9.52. The highest BCUT2D eigenvalue weighted by Gasteiger charge is 2.36. The summed E-state index contributed by atoms with van der Waals surface area (Å²) in [5.41, 5.74) is 1.31. The van der Waals surface area contributed by atoms with Gasteiger partial charge in [-0.15, -0.1) is 0 Å². The Morgan fingerprint density at radius 3 is 2.72 bits per heavy atom. The number of fused-ring (bicyclic) bond motifs is 1. The molecule has 2 saturated heterocycles. The van der Waals surface area contributed by atoms with Crippen molar-refractivity contribution < 1.29 is 9.84 Å². The summed E-state index contributed by atoms with van der Waals surface area (Å²) < 4.78 is 6.34. The molecule has 4 nitrogen and oxygen atoms in total. The number of piperazine rings is 1. The first-order chi connectivity index (χ1) is 12.3. The number of ether oxygens (including phenoxy) is 1. The molecular weight excluding hydrogens is 312 g/mol. The number of benzene rings is 1. The fraction of sp³-hybridized carbons (Fsp3) is 0.714. The molecule has 3 fully saturated rings. The summed E-state index contributed by atoms with van der Waals surface area (Å²) in [6.07, 6.45) is 8.92. The molecule has 2 heterocycles. The highest BCUT2D eigenvalue weighted by atomic mass is 16.5. The van der Waals surface area contributed by atoms with Gasteiger partial charge >= 0.3 is 0 Å². The minimum Gasteiger partial charge on any atom is -0.490 e. The van der Waals surface area contributed by atoms with Gasteiger partial charge in [-0.1, -0.05) is 18.2 Å². The Kier molecular flexibility index (Phi) is 5.59. The lowest BCUT2D eigenvalue weighted by atomic mass is 10.0. The van der Waals surface area contributed by atoms with Crippen LogP contribution in [0.25, 0.3) is 0 Å². The molecule has 0 bridgehead atoms. The SMILES string of the molecule is OCC[C@H]1CN2CCCC2CN1Cc1ccccc1OC1CCCC1. The highest BCUT2D eigenvalue weighted by Crippen LogP contribution is 2.31. The molecule has 2 atom stereocenters. The van der Waals surface area contributed by atoms with E-state index in [2.05, 4.69) is 34.1 Å². The van der Waals surface area contributed by atoms with Crippen molar-refractivity contribution in [2.24, 2.45) is 0 Å².